The Kier molecular flexibility index (Phi) is 1.96. The van der Waals surface area contributed by atoms with Crippen molar-refractivity contribution in [3.05, 3.63) is 60.7 Å². The molecule has 0 fully saturated rings. The summed E-state index contributed by atoms with van der Waals surface area (Å²) in [6, 6.07) is 12.3. The van der Waals surface area contributed by atoms with Gasteiger partial charge in [-0.3, -0.25) is 0 Å². The number of fused-ring (bicyclic) bond motifs is 1. The number of hydrogen-bond acceptors (Lipinski definition) is 1. The molecule has 2 nitrogen and oxygen atoms in total. The van der Waals surface area contributed by atoms with Crippen LogP contribution in [0, 0.1) is 5.82 Å². The van der Waals surface area contributed by atoms with Gasteiger partial charge in [-0.2, -0.15) is 0 Å². The van der Waals surface area contributed by atoms with E-state index in [9.17, 15) is 4.39 Å². The molecule has 0 aliphatic heterocycles. The SMILES string of the molecule is Fc1ccc2c(ccn2-c2ccccn2)c1. The maximum absolute atomic E-state index is 13.0. The summed E-state index contributed by atoms with van der Waals surface area (Å²) in [6.45, 7) is 0. The highest BCUT2D eigenvalue weighted by Gasteiger charge is 2.03. The summed E-state index contributed by atoms with van der Waals surface area (Å²) in [7, 11) is 0. The fraction of sp³-hybridized carbons (Fsp3) is 0. The van der Waals surface area contributed by atoms with Crippen molar-refractivity contribution in [1.82, 2.24) is 9.55 Å². The molecule has 3 heteroatoms. The molecule has 1 aromatic carbocycles. The number of rotatable bonds is 1. The smallest absolute Gasteiger partial charge is 0.137 e. The summed E-state index contributed by atoms with van der Waals surface area (Å²) < 4.78 is 15.0. The van der Waals surface area contributed by atoms with Crippen LogP contribution in [0.2, 0.25) is 0 Å². The van der Waals surface area contributed by atoms with Gasteiger partial charge in [0.15, 0.2) is 0 Å². The third kappa shape index (κ3) is 1.37. The second-order valence-electron chi connectivity index (χ2n) is 3.58. The van der Waals surface area contributed by atoms with Crippen LogP contribution in [-0.2, 0) is 0 Å². The first-order valence-electron chi connectivity index (χ1n) is 5.02. The Hall–Kier alpha value is -2.16. The number of pyridine rings is 1. The summed E-state index contributed by atoms with van der Waals surface area (Å²) in [5.41, 5.74) is 0.958. The predicted molar refractivity (Wildman–Crippen MR) is 61.0 cm³/mol. The molecule has 0 unspecified atom stereocenters. The fourth-order valence-corrected chi connectivity index (χ4v) is 1.81. The second kappa shape index (κ2) is 3.45. The van der Waals surface area contributed by atoms with Crippen molar-refractivity contribution in [2.45, 2.75) is 0 Å². The average molecular weight is 212 g/mol. The molecule has 16 heavy (non-hydrogen) atoms. The molecule has 0 saturated carbocycles. The summed E-state index contributed by atoms with van der Waals surface area (Å²) in [6.07, 6.45) is 3.64. The molecule has 0 radical (unpaired) electrons. The minimum absolute atomic E-state index is 0.216. The summed E-state index contributed by atoms with van der Waals surface area (Å²) in [5.74, 6) is 0.621. The second-order valence-corrected chi connectivity index (χ2v) is 3.58. The first kappa shape index (κ1) is 9.09. The van der Waals surface area contributed by atoms with Crippen LogP contribution >= 0.6 is 0 Å². The Labute approximate surface area is 92.0 Å². The van der Waals surface area contributed by atoms with E-state index >= 15 is 0 Å². The lowest BCUT2D eigenvalue weighted by Gasteiger charge is -2.03. The molecule has 0 atom stereocenters. The Balaban J connectivity index is 2.26. The monoisotopic (exact) mass is 212 g/mol. The highest BCUT2D eigenvalue weighted by atomic mass is 19.1. The van der Waals surface area contributed by atoms with E-state index in [0.29, 0.717) is 0 Å². The van der Waals surface area contributed by atoms with Crippen molar-refractivity contribution in [2.24, 2.45) is 0 Å². The number of aromatic nitrogens is 2. The van der Waals surface area contributed by atoms with Crippen LogP contribution in [0.5, 0.6) is 0 Å². The largest absolute Gasteiger partial charge is 0.301 e. The van der Waals surface area contributed by atoms with E-state index in [2.05, 4.69) is 4.98 Å². The van der Waals surface area contributed by atoms with Gasteiger partial charge in [0.25, 0.3) is 0 Å². The number of benzene rings is 1. The molecule has 0 bridgehead atoms. The van der Waals surface area contributed by atoms with Gasteiger partial charge in [0.05, 0.1) is 5.52 Å². The predicted octanol–water partition coefficient (Wildman–Crippen LogP) is 3.16. The van der Waals surface area contributed by atoms with Crippen molar-refractivity contribution >= 4 is 10.9 Å². The molecule has 0 aliphatic carbocycles. The van der Waals surface area contributed by atoms with E-state index in [1.54, 1.807) is 12.3 Å². The molecular formula is C13H9FN2. The zero-order chi connectivity index (χ0) is 11.0. The van der Waals surface area contributed by atoms with E-state index < -0.39 is 0 Å². The molecule has 0 saturated heterocycles. The van der Waals surface area contributed by atoms with Gasteiger partial charge >= 0.3 is 0 Å². The number of halogens is 1. The van der Waals surface area contributed by atoms with E-state index in [0.717, 1.165) is 16.7 Å². The molecule has 0 spiro atoms. The zero-order valence-corrected chi connectivity index (χ0v) is 8.47. The Morgan fingerprint density at radius 3 is 2.81 bits per heavy atom. The maximum Gasteiger partial charge on any atom is 0.137 e. The topological polar surface area (TPSA) is 17.8 Å². The normalized spacial score (nSPS) is 10.8. The van der Waals surface area contributed by atoms with Crippen LogP contribution in [0.25, 0.3) is 16.7 Å². The van der Waals surface area contributed by atoms with Gasteiger partial charge in [-0.1, -0.05) is 6.07 Å². The van der Waals surface area contributed by atoms with Crippen molar-refractivity contribution in [3.8, 4) is 5.82 Å². The van der Waals surface area contributed by atoms with Crippen LogP contribution in [-0.4, -0.2) is 9.55 Å². The van der Waals surface area contributed by atoms with Crippen LogP contribution in [0.1, 0.15) is 0 Å². The van der Waals surface area contributed by atoms with Crippen molar-refractivity contribution in [1.29, 1.82) is 0 Å². The third-order valence-electron chi connectivity index (χ3n) is 2.55. The highest BCUT2D eigenvalue weighted by Crippen LogP contribution is 2.19. The molecule has 3 rings (SSSR count). The van der Waals surface area contributed by atoms with E-state index in [-0.39, 0.29) is 5.82 Å². The average Bonchev–Trinajstić information content (AvgIpc) is 2.73. The van der Waals surface area contributed by atoms with Crippen LogP contribution in [0.3, 0.4) is 0 Å². The summed E-state index contributed by atoms with van der Waals surface area (Å²) >= 11 is 0. The lowest BCUT2D eigenvalue weighted by atomic mass is 10.2. The van der Waals surface area contributed by atoms with Gasteiger partial charge in [-0.05, 0) is 36.4 Å². The Morgan fingerprint density at radius 1 is 1.06 bits per heavy atom. The highest BCUT2D eigenvalue weighted by molar-refractivity contribution is 5.81. The van der Waals surface area contributed by atoms with E-state index in [4.69, 9.17) is 0 Å². The van der Waals surface area contributed by atoms with Crippen molar-refractivity contribution in [3.63, 3.8) is 0 Å². The van der Waals surface area contributed by atoms with Crippen LogP contribution in [0.4, 0.5) is 4.39 Å². The Morgan fingerprint density at radius 2 is 2.00 bits per heavy atom. The molecule has 78 valence electrons. The van der Waals surface area contributed by atoms with Gasteiger partial charge in [0.2, 0.25) is 0 Å². The van der Waals surface area contributed by atoms with Crippen LogP contribution in [0.15, 0.2) is 54.9 Å². The lowest BCUT2D eigenvalue weighted by molar-refractivity contribution is 0.629. The van der Waals surface area contributed by atoms with E-state index in [1.807, 2.05) is 35.0 Å². The standard InChI is InChI=1S/C13H9FN2/c14-11-4-5-12-10(9-11)6-8-16(12)13-3-1-2-7-15-13/h1-9H. The molecule has 2 heterocycles. The molecule has 0 amide bonds. The summed E-state index contributed by atoms with van der Waals surface area (Å²) in [5, 5.41) is 0.880. The van der Waals surface area contributed by atoms with Gasteiger partial charge in [-0.15, -0.1) is 0 Å². The van der Waals surface area contributed by atoms with Crippen molar-refractivity contribution in [2.75, 3.05) is 0 Å². The molecule has 3 aromatic rings. The minimum atomic E-state index is -0.216. The number of nitrogens with zero attached hydrogens (tertiary/aromatic N) is 2. The minimum Gasteiger partial charge on any atom is -0.301 e. The van der Waals surface area contributed by atoms with Crippen molar-refractivity contribution < 1.29 is 4.39 Å². The Bertz CT molecular complexity index is 629. The van der Waals surface area contributed by atoms with Gasteiger partial charge in [-0.25, -0.2) is 9.37 Å². The number of hydrogen-bond donors (Lipinski definition) is 0. The van der Waals surface area contributed by atoms with E-state index in [1.165, 1.54) is 12.1 Å². The molecule has 0 aliphatic rings. The first-order chi connectivity index (χ1) is 7.84. The third-order valence-corrected chi connectivity index (χ3v) is 2.55. The van der Waals surface area contributed by atoms with Gasteiger partial charge < -0.3 is 4.57 Å². The molecule has 2 aromatic heterocycles. The van der Waals surface area contributed by atoms with Gasteiger partial charge in [0.1, 0.15) is 11.6 Å². The quantitative estimate of drug-likeness (QED) is 0.605. The first-order valence-corrected chi connectivity index (χ1v) is 5.02. The van der Waals surface area contributed by atoms with Crippen LogP contribution < -0.4 is 0 Å². The lowest BCUT2D eigenvalue weighted by Crippen LogP contribution is -1.94. The fourth-order valence-electron chi connectivity index (χ4n) is 1.81. The molecule has 0 N–H and O–H groups in total. The zero-order valence-electron chi connectivity index (χ0n) is 8.47. The maximum atomic E-state index is 13.0. The summed E-state index contributed by atoms with van der Waals surface area (Å²) in [4.78, 5) is 4.26. The van der Waals surface area contributed by atoms with Gasteiger partial charge in [0, 0.05) is 17.8 Å². The molecular weight excluding hydrogens is 203 g/mol.